The Balaban J connectivity index is 0.00000289. The van der Waals surface area contributed by atoms with Crippen LogP contribution in [0, 0.1) is 0 Å². The lowest BCUT2D eigenvalue weighted by atomic mass is 9.87. The van der Waals surface area contributed by atoms with Crippen molar-refractivity contribution >= 4 is 24.0 Å². The SMILES string of the molecule is CC[C@H](N)C(=O)Nc1ccc(C(C)(C)C)cc1.Cl. The molecule has 1 amide bonds. The van der Waals surface area contributed by atoms with E-state index in [9.17, 15) is 4.79 Å². The molecular weight excluding hydrogens is 248 g/mol. The van der Waals surface area contributed by atoms with E-state index in [4.69, 9.17) is 5.73 Å². The predicted octanol–water partition coefficient (Wildman–Crippen LogP) is 3.08. The number of amides is 1. The van der Waals surface area contributed by atoms with E-state index in [1.165, 1.54) is 5.56 Å². The number of halogens is 1. The molecule has 0 bridgehead atoms. The Labute approximate surface area is 116 Å². The van der Waals surface area contributed by atoms with Crippen molar-refractivity contribution in [2.45, 2.75) is 45.6 Å². The van der Waals surface area contributed by atoms with Gasteiger partial charge in [0.1, 0.15) is 0 Å². The van der Waals surface area contributed by atoms with Gasteiger partial charge in [-0.25, -0.2) is 0 Å². The fourth-order valence-corrected chi connectivity index (χ4v) is 1.47. The van der Waals surface area contributed by atoms with E-state index < -0.39 is 6.04 Å². The molecule has 0 radical (unpaired) electrons. The summed E-state index contributed by atoms with van der Waals surface area (Å²) in [5, 5.41) is 2.81. The molecule has 3 N–H and O–H groups in total. The van der Waals surface area contributed by atoms with E-state index in [-0.39, 0.29) is 23.7 Å². The van der Waals surface area contributed by atoms with E-state index in [1.807, 2.05) is 31.2 Å². The molecule has 0 unspecified atom stereocenters. The van der Waals surface area contributed by atoms with Crippen molar-refractivity contribution in [1.29, 1.82) is 0 Å². The first-order valence-corrected chi connectivity index (χ1v) is 6.01. The first-order chi connectivity index (χ1) is 7.84. The van der Waals surface area contributed by atoms with Gasteiger partial charge in [0, 0.05) is 5.69 Å². The minimum Gasteiger partial charge on any atom is -0.325 e. The molecule has 0 aliphatic carbocycles. The van der Waals surface area contributed by atoms with Crippen LogP contribution in [0.2, 0.25) is 0 Å². The summed E-state index contributed by atoms with van der Waals surface area (Å²) in [6.45, 7) is 8.38. The maximum absolute atomic E-state index is 11.6. The number of carbonyl (C=O) groups is 1. The molecule has 0 aliphatic rings. The normalized spacial score (nSPS) is 12.5. The number of anilines is 1. The van der Waals surface area contributed by atoms with Crippen molar-refractivity contribution in [2.24, 2.45) is 5.73 Å². The minimum atomic E-state index is -0.433. The van der Waals surface area contributed by atoms with Crippen molar-refractivity contribution in [2.75, 3.05) is 5.32 Å². The van der Waals surface area contributed by atoms with Gasteiger partial charge in [-0.2, -0.15) is 0 Å². The van der Waals surface area contributed by atoms with Crippen LogP contribution in [0.15, 0.2) is 24.3 Å². The van der Waals surface area contributed by atoms with Crippen LogP contribution < -0.4 is 11.1 Å². The molecular formula is C14H23ClN2O. The molecule has 0 aromatic heterocycles. The van der Waals surface area contributed by atoms with Gasteiger partial charge >= 0.3 is 0 Å². The Morgan fingerprint density at radius 3 is 2.17 bits per heavy atom. The fourth-order valence-electron chi connectivity index (χ4n) is 1.47. The number of nitrogens with two attached hydrogens (primary N) is 1. The topological polar surface area (TPSA) is 55.1 Å². The van der Waals surface area contributed by atoms with Crippen LogP contribution in [0.4, 0.5) is 5.69 Å². The molecule has 1 aromatic rings. The van der Waals surface area contributed by atoms with Crippen LogP contribution >= 0.6 is 12.4 Å². The Kier molecular flexibility index (Phi) is 6.36. The number of benzene rings is 1. The zero-order chi connectivity index (χ0) is 13.1. The lowest BCUT2D eigenvalue weighted by Crippen LogP contribution is -2.34. The highest BCUT2D eigenvalue weighted by Gasteiger charge is 2.14. The van der Waals surface area contributed by atoms with E-state index >= 15 is 0 Å². The molecule has 0 fully saturated rings. The average molecular weight is 271 g/mol. The van der Waals surface area contributed by atoms with Crippen molar-refractivity contribution in [1.82, 2.24) is 0 Å². The average Bonchev–Trinajstić information content (AvgIpc) is 2.27. The molecule has 0 spiro atoms. The van der Waals surface area contributed by atoms with Gasteiger partial charge in [-0.3, -0.25) is 4.79 Å². The molecule has 0 aliphatic heterocycles. The molecule has 1 atom stereocenters. The summed E-state index contributed by atoms with van der Waals surface area (Å²) in [7, 11) is 0. The highest BCUT2D eigenvalue weighted by atomic mass is 35.5. The highest BCUT2D eigenvalue weighted by molar-refractivity contribution is 5.94. The van der Waals surface area contributed by atoms with Gasteiger partial charge in [0.25, 0.3) is 0 Å². The van der Waals surface area contributed by atoms with Gasteiger partial charge in [-0.15, -0.1) is 12.4 Å². The first kappa shape index (κ1) is 16.9. The van der Waals surface area contributed by atoms with Gasteiger partial charge in [-0.1, -0.05) is 39.8 Å². The Morgan fingerprint density at radius 2 is 1.78 bits per heavy atom. The minimum absolute atomic E-state index is 0. The summed E-state index contributed by atoms with van der Waals surface area (Å²) < 4.78 is 0. The molecule has 4 heteroatoms. The molecule has 3 nitrogen and oxygen atoms in total. The van der Waals surface area contributed by atoms with Gasteiger partial charge in [0.05, 0.1) is 6.04 Å². The van der Waals surface area contributed by atoms with Crippen LogP contribution in [-0.2, 0) is 10.2 Å². The number of carbonyl (C=O) groups excluding carboxylic acids is 1. The highest BCUT2D eigenvalue weighted by Crippen LogP contribution is 2.23. The smallest absolute Gasteiger partial charge is 0.241 e. The summed E-state index contributed by atoms with van der Waals surface area (Å²) in [5.74, 6) is -0.129. The summed E-state index contributed by atoms with van der Waals surface area (Å²) in [6, 6.07) is 7.47. The second-order valence-electron chi connectivity index (χ2n) is 5.33. The van der Waals surface area contributed by atoms with Crippen LogP contribution in [-0.4, -0.2) is 11.9 Å². The van der Waals surface area contributed by atoms with Crippen molar-refractivity contribution in [3.8, 4) is 0 Å². The quantitative estimate of drug-likeness (QED) is 0.887. The molecule has 1 aromatic carbocycles. The number of hydrogen-bond donors (Lipinski definition) is 2. The Morgan fingerprint density at radius 1 is 1.28 bits per heavy atom. The second kappa shape index (κ2) is 6.76. The van der Waals surface area contributed by atoms with Gasteiger partial charge in [0.2, 0.25) is 5.91 Å². The van der Waals surface area contributed by atoms with Gasteiger partial charge < -0.3 is 11.1 Å². The lowest BCUT2D eigenvalue weighted by molar-refractivity contribution is -0.117. The predicted molar refractivity (Wildman–Crippen MR) is 79.3 cm³/mol. The van der Waals surface area contributed by atoms with Gasteiger partial charge in [-0.05, 0) is 29.5 Å². The Bertz CT molecular complexity index is 382. The fraction of sp³-hybridized carbons (Fsp3) is 0.500. The zero-order valence-electron chi connectivity index (χ0n) is 11.5. The zero-order valence-corrected chi connectivity index (χ0v) is 12.3. The van der Waals surface area contributed by atoms with Crippen molar-refractivity contribution < 1.29 is 4.79 Å². The summed E-state index contributed by atoms with van der Waals surface area (Å²) in [5.41, 5.74) is 7.82. The maximum atomic E-state index is 11.6. The third kappa shape index (κ3) is 4.67. The first-order valence-electron chi connectivity index (χ1n) is 6.01. The molecule has 18 heavy (non-hydrogen) atoms. The maximum Gasteiger partial charge on any atom is 0.241 e. The molecule has 0 saturated heterocycles. The largest absolute Gasteiger partial charge is 0.325 e. The van der Waals surface area contributed by atoms with E-state index in [0.29, 0.717) is 6.42 Å². The number of rotatable bonds is 3. The molecule has 102 valence electrons. The van der Waals surface area contributed by atoms with Crippen molar-refractivity contribution in [3.05, 3.63) is 29.8 Å². The third-order valence-corrected chi connectivity index (χ3v) is 2.80. The number of nitrogens with one attached hydrogen (secondary N) is 1. The van der Waals surface area contributed by atoms with Crippen LogP contribution in [0.3, 0.4) is 0 Å². The van der Waals surface area contributed by atoms with Crippen molar-refractivity contribution in [3.63, 3.8) is 0 Å². The second-order valence-corrected chi connectivity index (χ2v) is 5.33. The van der Waals surface area contributed by atoms with Crippen LogP contribution in [0.1, 0.15) is 39.7 Å². The van der Waals surface area contributed by atoms with E-state index in [2.05, 4.69) is 26.1 Å². The molecule has 0 heterocycles. The summed E-state index contributed by atoms with van der Waals surface area (Å²) >= 11 is 0. The van der Waals surface area contributed by atoms with Crippen LogP contribution in [0.25, 0.3) is 0 Å². The molecule has 1 rings (SSSR count). The lowest BCUT2D eigenvalue weighted by Gasteiger charge is -2.19. The van der Waals surface area contributed by atoms with Crippen LogP contribution in [0.5, 0.6) is 0 Å². The van der Waals surface area contributed by atoms with E-state index in [0.717, 1.165) is 5.69 Å². The monoisotopic (exact) mass is 270 g/mol. The Hall–Kier alpha value is -1.06. The number of hydrogen-bond acceptors (Lipinski definition) is 2. The summed E-state index contributed by atoms with van der Waals surface area (Å²) in [6.07, 6.45) is 0.645. The summed E-state index contributed by atoms with van der Waals surface area (Å²) in [4.78, 5) is 11.6. The standard InChI is InChI=1S/C14H22N2O.ClH/c1-5-12(15)13(17)16-11-8-6-10(7-9-11)14(2,3)4;/h6-9,12H,5,15H2,1-4H3,(H,16,17);1H/t12-;/m0./s1. The van der Waals surface area contributed by atoms with Gasteiger partial charge in [0.15, 0.2) is 0 Å². The van der Waals surface area contributed by atoms with E-state index in [1.54, 1.807) is 0 Å². The molecule has 0 saturated carbocycles. The third-order valence-electron chi connectivity index (χ3n) is 2.80.